The monoisotopic (exact) mass is 266 g/mol. The van der Waals surface area contributed by atoms with Crippen molar-refractivity contribution in [2.75, 3.05) is 11.9 Å². The lowest BCUT2D eigenvalue weighted by Gasteiger charge is -2.22. The van der Waals surface area contributed by atoms with Crippen LogP contribution in [0.1, 0.15) is 50.3 Å². The molecule has 0 radical (unpaired) electrons. The van der Waals surface area contributed by atoms with Crippen LogP contribution in [0.4, 0.5) is 5.13 Å². The molecule has 2 N–H and O–H groups in total. The first-order chi connectivity index (χ1) is 8.83. The van der Waals surface area contributed by atoms with Crippen molar-refractivity contribution >= 4 is 22.6 Å². The van der Waals surface area contributed by atoms with Gasteiger partial charge in [0.1, 0.15) is 11.9 Å². The molecule has 6 heteroatoms. The zero-order chi connectivity index (χ0) is 12.4. The van der Waals surface area contributed by atoms with Crippen molar-refractivity contribution in [2.45, 2.75) is 50.5 Å². The third-order valence-electron chi connectivity index (χ3n) is 3.75. The number of carbonyl (C=O) groups excluding carboxylic acids is 1. The Morgan fingerprint density at radius 1 is 1.22 bits per heavy atom. The summed E-state index contributed by atoms with van der Waals surface area (Å²) in [5.74, 6) is 1.59. The van der Waals surface area contributed by atoms with Crippen LogP contribution < -0.4 is 10.6 Å². The molecule has 2 aliphatic rings. The van der Waals surface area contributed by atoms with E-state index < -0.39 is 0 Å². The van der Waals surface area contributed by atoms with Gasteiger partial charge in [-0.25, -0.2) is 4.98 Å². The average Bonchev–Trinajstić information content (AvgIpc) is 3.02. The second-order valence-electron chi connectivity index (χ2n) is 5.07. The fraction of sp³-hybridized carbons (Fsp3) is 0.750. The highest BCUT2D eigenvalue weighted by Crippen LogP contribution is 2.33. The van der Waals surface area contributed by atoms with E-state index >= 15 is 0 Å². The van der Waals surface area contributed by atoms with Crippen LogP contribution in [0, 0.1) is 0 Å². The highest BCUT2D eigenvalue weighted by Gasteiger charge is 2.25. The van der Waals surface area contributed by atoms with Crippen LogP contribution in [-0.4, -0.2) is 27.9 Å². The van der Waals surface area contributed by atoms with E-state index in [4.69, 9.17) is 0 Å². The van der Waals surface area contributed by atoms with E-state index in [0.717, 1.165) is 30.3 Å². The largest absolute Gasteiger partial charge is 0.354 e. The van der Waals surface area contributed by atoms with Crippen molar-refractivity contribution in [3.8, 4) is 0 Å². The standard InChI is InChI=1S/C12H18N4OS/c17-11-9(6-3-7-13-11)14-12-15-10(16-18-12)8-4-1-2-5-8/h8-9H,1-7H2,(H,13,17)(H,14,15,16)/t9-/m0/s1. The lowest BCUT2D eigenvalue weighted by Crippen LogP contribution is -2.44. The van der Waals surface area contributed by atoms with Gasteiger partial charge < -0.3 is 10.6 Å². The van der Waals surface area contributed by atoms with E-state index in [-0.39, 0.29) is 11.9 Å². The van der Waals surface area contributed by atoms with E-state index in [9.17, 15) is 4.79 Å². The second kappa shape index (κ2) is 5.22. The predicted octanol–water partition coefficient (Wildman–Crippen LogP) is 1.89. The molecule has 98 valence electrons. The predicted molar refractivity (Wildman–Crippen MR) is 70.8 cm³/mol. The number of rotatable bonds is 3. The Labute approximate surface area is 111 Å². The summed E-state index contributed by atoms with van der Waals surface area (Å²) in [7, 11) is 0. The van der Waals surface area contributed by atoms with E-state index in [1.54, 1.807) is 0 Å². The van der Waals surface area contributed by atoms with E-state index in [1.165, 1.54) is 37.2 Å². The van der Waals surface area contributed by atoms with Crippen LogP contribution in [0.5, 0.6) is 0 Å². The Hall–Kier alpha value is -1.17. The van der Waals surface area contributed by atoms with Gasteiger partial charge in [0, 0.05) is 24.0 Å². The normalized spacial score (nSPS) is 25.1. The summed E-state index contributed by atoms with van der Waals surface area (Å²) in [6.07, 6.45) is 6.90. The number of piperidine rings is 1. The van der Waals surface area contributed by atoms with Gasteiger partial charge in [-0.1, -0.05) is 12.8 Å². The van der Waals surface area contributed by atoms with Crippen LogP contribution >= 0.6 is 11.5 Å². The van der Waals surface area contributed by atoms with Gasteiger partial charge >= 0.3 is 0 Å². The van der Waals surface area contributed by atoms with Gasteiger partial charge in [0.2, 0.25) is 11.0 Å². The molecule has 1 aliphatic carbocycles. The molecule has 1 aromatic rings. The van der Waals surface area contributed by atoms with Gasteiger partial charge in [0.25, 0.3) is 0 Å². The minimum absolute atomic E-state index is 0.0823. The van der Waals surface area contributed by atoms with Crippen LogP contribution in [0.15, 0.2) is 0 Å². The van der Waals surface area contributed by atoms with Crippen molar-refractivity contribution in [2.24, 2.45) is 0 Å². The molecule has 2 heterocycles. The van der Waals surface area contributed by atoms with Gasteiger partial charge in [-0.05, 0) is 25.7 Å². The Balaban J connectivity index is 1.64. The summed E-state index contributed by atoms with van der Waals surface area (Å²) < 4.78 is 4.43. The molecule has 0 aromatic carbocycles. The molecular weight excluding hydrogens is 248 g/mol. The quantitative estimate of drug-likeness (QED) is 0.876. The molecule has 3 rings (SSSR count). The van der Waals surface area contributed by atoms with E-state index in [0.29, 0.717) is 5.92 Å². The number of anilines is 1. The molecule has 1 aromatic heterocycles. The zero-order valence-corrected chi connectivity index (χ0v) is 11.1. The molecule has 2 fully saturated rings. The first kappa shape index (κ1) is 11.9. The van der Waals surface area contributed by atoms with Crippen molar-refractivity contribution in [1.82, 2.24) is 14.7 Å². The van der Waals surface area contributed by atoms with Crippen molar-refractivity contribution in [3.05, 3.63) is 5.82 Å². The summed E-state index contributed by atoms with van der Waals surface area (Å²) >= 11 is 1.38. The maximum atomic E-state index is 11.6. The van der Waals surface area contributed by atoms with Gasteiger partial charge in [0.05, 0.1) is 0 Å². The number of carbonyl (C=O) groups is 1. The molecule has 0 unspecified atom stereocenters. The van der Waals surface area contributed by atoms with Crippen molar-refractivity contribution in [3.63, 3.8) is 0 Å². The fourth-order valence-corrected chi connectivity index (χ4v) is 3.40. The third-order valence-corrected chi connectivity index (χ3v) is 4.41. The van der Waals surface area contributed by atoms with Gasteiger partial charge in [-0.2, -0.15) is 4.37 Å². The van der Waals surface area contributed by atoms with Crippen LogP contribution in [-0.2, 0) is 4.79 Å². The molecule has 1 saturated carbocycles. The number of amides is 1. The second-order valence-corrected chi connectivity index (χ2v) is 5.82. The van der Waals surface area contributed by atoms with Crippen LogP contribution in [0.3, 0.4) is 0 Å². The maximum Gasteiger partial charge on any atom is 0.242 e. The number of nitrogens with zero attached hydrogens (tertiary/aromatic N) is 2. The van der Waals surface area contributed by atoms with E-state index in [2.05, 4.69) is 20.0 Å². The minimum Gasteiger partial charge on any atom is -0.354 e. The number of aromatic nitrogens is 2. The topological polar surface area (TPSA) is 66.9 Å². The summed E-state index contributed by atoms with van der Waals surface area (Å²) in [6.45, 7) is 0.792. The van der Waals surface area contributed by atoms with Gasteiger partial charge in [0.15, 0.2) is 0 Å². The molecular formula is C12H18N4OS. The first-order valence-electron chi connectivity index (χ1n) is 6.71. The lowest BCUT2D eigenvalue weighted by atomic mass is 10.1. The smallest absolute Gasteiger partial charge is 0.242 e. The van der Waals surface area contributed by atoms with Crippen molar-refractivity contribution < 1.29 is 4.79 Å². The summed E-state index contributed by atoms with van der Waals surface area (Å²) in [4.78, 5) is 16.2. The summed E-state index contributed by atoms with van der Waals surface area (Å²) in [6, 6.07) is -0.136. The Morgan fingerprint density at radius 3 is 2.83 bits per heavy atom. The summed E-state index contributed by atoms with van der Waals surface area (Å²) in [5, 5.41) is 6.87. The molecule has 1 aliphatic heterocycles. The van der Waals surface area contributed by atoms with Crippen LogP contribution in [0.25, 0.3) is 0 Å². The molecule has 18 heavy (non-hydrogen) atoms. The SMILES string of the molecule is O=C1NCCC[C@@H]1Nc1nc(C2CCCC2)ns1. The number of hydrogen-bond donors (Lipinski definition) is 2. The van der Waals surface area contributed by atoms with Gasteiger partial charge in [-0.3, -0.25) is 4.79 Å². The van der Waals surface area contributed by atoms with Crippen LogP contribution in [0.2, 0.25) is 0 Å². The molecule has 1 atom stereocenters. The van der Waals surface area contributed by atoms with Crippen molar-refractivity contribution in [1.29, 1.82) is 0 Å². The zero-order valence-electron chi connectivity index (χ0n) is 10.3. The maximum absolute atomic E-state index is 11.6. The summed E-state index contributed by atoms with van der Waals surface area (Å²) in [5.41, 5.74) is 0. The lowest BCUT2D eigenvalue weighted by molar-refractivity contribution is -0.123. The molecule has 5 nitrogen and oxygen atoms in total. The fourth-order valence-electron chi connectivity index (χ4n) is 2.70. The first-order valence-corrected chi connectivity index (χ1v) is 7.48. The Kier molecular flexibility index (Phi) is 3.45. The molecule has 0 spiro atoms. The third kappa shape index (κ3) is 2.48. The molecule has 1 amide bonds. The average molecular weight is 266 g/mol. The number of hydrogen-bond acceptors (Lipinski definition) is 5. The molecule has 0 bridgehead atoms. The van der Waals surface area contributed by atoms with Gasteiger partial charge in [-0.15, -0.1) is 0 Å². The highest BCUT2D eigenvalue weighted by molar-refractivity contribution is 7.09. The Morgan fingerprint density at radius 2 is 2.06 bits per heavy atom. The Bertz CT molecular complexity index is 427. The number of nitrogens with one attached hydrogen (secondary N) is 2. The highest BCUT2D eigenvalue weighted by atomic mass is 32.1. The molecule has 1 saturated heterocycles. The van der Waals surface area contributed by atoms with E-state index in [1.807, 2.05) is 0 Å². The minimum atomic E-state index is -0.136.